The molecule has 0 atom stereocenters. The summed E-state index contributed by atoms with van der Waals surface area (Å²) in [4.78, 5) is 2.45. The molecule has 0 spiro atoms. The Morgan fingerprint density at radius 3 is 0.896 bits per heavy atom. The van der Waals surface area contributed by atoms with E-state index >= 15 is 0 Å². The van der Waals surface area contributed by atoms with Gasteiger partial charge in [-0.25, -0.2) is 0 Å². The number of hydrogen-bond acceptors (Lipinski definition) is 6. The molecular formula is C41H35BiO4S2. The van der Waals surface area contributed by atoms with Crippen molar-refractivity contribution in [2.24, 2.45) is 0 Å². The Morgan fingerprint density at radius 2 is 0.646 bits per heavy atom. The second-order valence-electron chi connectivity index (χ2n) is 10.8. The zero-order valence-corrected chi connectivity index (χ0v) is 32.3. The first-order valence-electron chi connectivity index (χ1n) is 15.4. The summed E-state index contributed by atoms with van der Waals surface area (Å²) in [6, 6.07) is 46.4. The van der Waals surface area contributed by atoms with Crippen molar-refractivity contribution >= 4 is 48.2 Å². The van der Waals surface area contributed by atoms with Crippen LogP contribution in [0.15, 0.2) is 143 Å². The first-order chi connectivity index (χ1) is 23.5. The predicted octanol–water partition coefficient (Wildman–Crippen LogP) is 10.7. The monoisotopic (exact) mass is 864 g/mol. The van der Waals surface area contributed by atoms with Gasteiger partial charge in [0.1, 0.15) is 0 Å². The molecule has 0 amide bonds. The topological polar surface area (TPSA) is 36.9 Å². The first-order valence-corrected chi connectivity index (χ1v) is 19.1. The Kier molecular flexibility index (Phi) is 11.3. The molecule has 0 bridgehead atoms. The van der Waals surface area contributed by atoms with E-state index in [1.807, 2.05) is 47.8 Å². The normalized spacial score (nSPS) is 11.0. The predicted molar refractivity (Wildman–Crippen MR) is 202 cm³/mol. The van der Waals surface area contributed by atoms with Crippen molar-refractivity contribution in [3.63, 3.8) is 0 Å². The quantitative estimate of drug-likeness (QED) is 0.0693. The summed E-state index contributed by atoms with van der Waals surface area (Å²) in [5.41, 5.74) is 9.15. The van der Waals surface area contributed by atoms with Gasteiger partial charge >= 0.3 is 309 Å². The van der Waals surface area contributed by atoms with Crippen molar-refractivity contribution in [1.82, 2.24) is 0 Å². The van der Waals surface area contributed by atoms with Crippen molar-refractivity contribution in [1.29, 1.82) is 0 Å². The summed E-state index contributed by atoms with van der Waals surface area (Å²) < 4.78 is 22.7. The Balaban J connectivity index is 1.47. The molecule has 0 N–H and O–H groups in total. The molecular weight excluding hydrogens is 830 g/mol. The Labute approximate surface area is 306 Å². The molecule has 0 heterocycles. The van der Waals surface area contributed by atoms with Crippen LogP contribution in [-0.2, 0) is 0 Å². The molecule has 0 unspecified atom stereocenters. The van der Waals surface area contributed by atoms with Crippen LogP contribution in [0.5, 0.6) is 23.0 Å². The minimum absolute atomic E-state index is 0.234. The number of thioether (sulfide) groups is 2. The van der Waals surface area contributed by atoms with Crippen LogP contribution < -0.4 is 18.9 Å². The first kappa shape index (κ1) is 34.0. The molecule has 0 aliphatic heterocycles. The van der Waals surface area contributed by atoms with Gasteiger partial charge in [0.05, 0.1) is 0 Å². The number of rotatable bonds is 12. The Bertz CT molecular complexity index is 1750. The maximum atomic E-state index is 5.63. The van der Waals surface area contributed by atoms with Crippen molar-refractivity contribution in [2.75, 3.05) is 28.4 Å². The molecule has 0 fully saturated rings. The summed E-state index contributed by atoms with van der Waals surface area (Å²) in [7, 11) is 6.85. The van der Waals surface area contributed by atoms with Crippen LogP contribution in [-0.4, -0.2) is 55.4 Å². The van der Waals surface area contributed by atoms with Crippen LogP contribution >= 0.6 is 23.5 Å². The van der Waals surface area contributed by atoms with Gasteiger partial charge in [0.25, 0.3) is 0 Å². The van der Waals surface area contributed by atoms with Gasteiger partial charge in [-0.05, 0) is 0 Å². The fourth-order valence-corrected chi connectivity index (χ4v) is 10.5. The van der Waals surface area contributed by atoms with E-state index < -0.39 is 0 Å². The minimum atomic E-state index is 0.234. The van der Waals surface area contributed by atoms with Crippen LogP contribution in [0, 0.1) is 0 Å². The van der Waals surface area contributed by atoms with E-state index in [9.17, 15) is 0 Å². The molecule has 4 nitrogen and oxygen atoms in total. The van der Waals surface area contributed by atoms with Gasteiger partial charge in [-0.2, -0.15) is 0 Å². The van der Waals surface area contributed by atoms with Gasteiger partial charge in [0.15, 0.2) is 0 Å². The van der Waals surface area contributed by atoms with Gasteiger partial charge in [0.2, 0.25) is 0 Å². The number of benzene rings is 6. The summed E-state index contributed by atoms with van der Waals surface area (Å²) >= 11 is 5.02. The molecule has 48 heavy (non-hydrogen) atoms. The fourth-order valence-electron chi connectivity index (χ4n) is 5.63. The van der Waals surface area contributed by atoms with Crippen LogP contribution in [0.4, 0.5) is 0 Å². The zero-order valence-electron chi connectivity index (χ0n) is 27.2. The van der Waals surface area contributed by atoms with Gasteiger partial charge < -0.3 is 0 Å². The van der Waals surface area contributed by atoms with E-state index in [0.717, 1.165) is 45.3 Å². The van der Waals surface area contributed by atoms with Crippen LogP contribution in [0.3, 0.4) is 0 Å². The summed E-state index contributed by atoms with van der Waals surface area (Å²) in [5.74, 6) is 3.33. The van der Waals surface area contributed by atoms with Gasteiger partial charge in [-0.15, -0.1) is 0 Å². The number of methoxy groups -OCH3 is 4. The summed E-state index contributed by atoms with van der Waals surface area (Å²) in [6.45, 7) is 0. The van der Waals surface area contributed by atoms with Crippen molar-refractivity contribution in [3.8, 4) is 67.5 Å². The zero-order chi connectivity index (χ0) is 33.5. The van der Waals surface area contributed by atoms with E-state index in [1.54, 1.807) is 28.4 Å². The second kappa shape index (κ2) is 16.0. The fraction of sp³-hybridized carbons (Fsp3) is 0.122. The van der Waals surface area contributed by atoms with Crippen molar-refractivity contribution in [2.45, 2.75) is 12.1 Å². The molecule has 6 aromatic rings. The van der Waals surface area contributed by atoms with Crippen LogP contribution in [0.2, 0.25) is 0 Å². The summed E-state index contributed by atoms with van der Waals surface area (Å²) in [5, 5.41) is 0. The molecule has 0 aliphatic carbocycles. The third-order valence-corrected chi connectivity index (χ3v) is 12.8. The average Bonchev–Trinajstić information content (AvgIpc) is 3.15. The third-order valence-electron chi connectivity index (χ3n) is 7.99. The van der Waals surface area contributed by atoms with E-state index in [2.05, 4.69) is 109 Å². The number of ether oxygens (including phenoxy) is 4. The summed E-state index contributed by atoms with van der Waals surface area (Å²) in [6.07, 6.45) is 0. The molecule has 6 rings (SSSR count). The molecule has 2 radical (unpaired) electrons. The third kappa shape index (κ3) is 7.70. The molecule has 7 heteroatoms. The van der Waals surface area contributed by atoms with Gasteiger partial charge in [0, 0.05) is 0 Å². The van der Waals surface area contributed by atoms with E-state index in [-0.39, 0.29) is 2.29 Å². The molecule has 0 saturated heterocycles. The van der Waals surface area contributed by atoms with Gasteiger partial charge in [-0.1, -0.05) is 0 Å². The molecule has 6 aromatic carbocycles. The molecule has 0 saturated carbocycles. The molecule has 0 aliphatic rings. The maximum absolute atomic E-state index is 5.63. The van der Waals surface area contributed by atoms with Gasteiger partial charge in [-0.3, -0.25) is 0 Å². The molecule has 0 aromatic heterocycles. The molecule has 240 valence electrons. The standard InChI is InChI=1S/C41H35O4S2.Bi/c1-42-32-15-5-11-28(23-32)36-19-9-20-37(29-12-6-16-33(24-29)43-2)40(36)46-27-47-41-38(30-13-7-17-34(25-30)44-3)21-10-22-39(41)31-14-8-18-35(26-31)45-4;/h5-27H,1-4H3;. The average molecular weight is 865 g/mol. The Morgan fingerprint density at radius 1 is 0.396 bits per heavy atom. The van der Waals surface area contributed by atoms with Crippen molar-refractivity contribution < 1.29 is 18.9 Å². The van der Waals surface area contributed by atoms with Crippen LogP contribution in [0.25, 0.3) is 44.5 Å². The number of hydrogen-bond donors (Lipinski definition) is 0. The van der Waals surface area contributed by atoms with E-state index in [4.69, 9.17) is 18.9 Å². The second-order valence-corrected chi connectivity index (χ2v) is 18.2. The SMILES string of the molecule is COc1cccc(-c2cccc(-c3cccc(OC)c3)c2S[CH]([Bi])Sc2c(-c3cccc(OC)c3)cccc2-c2cccc(OC)c2)c1. The van der Waals surface area contributed by atoms with E-state index in [1.165, 1.54) is 56.8 Å². The Hall–Kier alpha value is -3.90. The van der Waals surface area contributed by atoms with Crippen molar-refractivity contribution in [3.05, 3.63) is 133 Å². The van der Waals surface area contributed by atoms with E-state index in [0.29, 0.717) is 0 Å². The van der Waals surface area contributed by atoms with Crippen LogP contribution in [0.1, 0.15) is 0 Å².